The molecule has 130 valence electrons. The Balaban J connectivity index is 1.67. The van der Waals surface area contributed by atoms with E-state index in [0.29, 0.717) is 21.9 Å². The van der Waals surface area contributed by atoms with Crippen molar-refractivity contribution in [2.24, 2.45) is 0 Å². The second-order valence-electron chi connectivity index (χ2n) is 5.79. The highest BCUT2D eigenvalue weighted by Gasteiger charge is 2.13. The molecular formula is C20H12ClN5O. The van der Waals surface area contributed by atoms with E-state index < -0.39 is 0 Å². The number of nitrogens with one attached hydrogen (secondary N) is 1. The van der Waals surface area contributed by atoms with Gasteiger partial charge in [-0.3, -0.25) is 4.79 Å². The second kappa shape index (κ2) is 6.90. The summed E-state index contributed by atoms with van der Waals surface area (Å²) in [5.74, 6) is -0.347. The maximum absolute atomic E-state index is 12.5. The number of nitrogens with zero attached hydrogens (tertiary/aromatic N) is 4. The maximum Gasteiger partial charge on any atom is 0.274 e. The summed E-state index contributed by atoms with van der Waals surface area (Å²) in [4.78, 5) is 17.0. The van der Waals surface area contributed by atoms with Crippen LogP contribution in [0.2, 0.25) is 5.02 Å². The Hall–Kier alpha value is -3.69. The number of benzene rings is 2. The molecule has 0 spiro atoms. The first-order chi connectivity index (χ1) is 13.1. The van der Waals surface area contributed by atoms with Crippen LogP contribution in [0.15, 0.2) is 67.0 Å². The summed E-state index contributed by atoms with van der Waals surface area (Å²) in [6.07, 6.45) is 3.38. The molecule has 2 aromatic heterocycles. The molecule has 0 radical (unpaired) electrons. The third kappa shape index (κ3) is 3.36. The number of anilines is 1. The Labute approximate surface area is 159 Å². The predicted molar refractivity (Wildman–Crippen MR) is 103 cm³/mol. The summed E-state index contributed by atoms with van der Waals surface area (Å²) in [7, 11) is 0. The molecule has 1 N–H and O–H groups in total. The van der Waals surface area contributed by atoms with E-state index in [4.69, 9.17) is 16.9 Å². The quantitative estimate of drug-likeness (QED) is 0.584. The van der Waals surface area contributed by atoms with Crippen molar-refractivity contribution < 1.29 is 4.79 Å². The summed E-state index contributed by atoms with van der Waals surface area (Å²) in [5.41, 5.74) is 3.59. The number of aromatic nitrogens is 3. The van der Waals surface area contributed by atoms with Crippen molar-refractivity contribution in [2.75, 3.05) is 5.32 Å². The normalized spacial score (nSPS) is 10.5. The molecule has 0 aliphatic carbocycles. The minimum Gasteiger partial charge on any atom is -0.321 e. The van der Waals surface area contributed by atoms with E-state index in [0.717, 1.165) is 11.1 Å². The van der Waals surface area contributed by atoms with Crippen LogP contribution in [0.5, 0.6) is 0 Å². The van der Waals surface area contributed by atoms with Gasteiger partial charge in [-0.25, -0.2) is 9.50 Å². The standard InChI is InChI=1S/C20H12ClN5O/c21-15-3-1-2-14(10-15)17-12-23-26-9-8-18(25-19(17)26)20(27)24-16-6-4-13(11-22)5-7-16/h1-10,12H,(H,24,27). The number of nitriles is 1. The molecule has 1 amide bonds. The van der Waals surface area contributed by atoms with Crippen LogP contribution in [0.3, 0.4) is 0 Å². The summed E-state index contributed by atoms with van der Waals surface area (Å²) >= 11 is 6.07. The fourth-order valence-corrected chi connectivity index (χ4v) is 2.87. The van der Waals surface area contributed by atoms with Crippen LogP contribution in [0, 0.1) is 11.3 Å². The highest BCUT2D eigenvalue weighted by atomic mass is 35.5. The van der Waals surface area contributed by atoms with Crippen molar-refractivity contribution in [1.29, 1.82) is 5.26 Å². The molecule has 2 aromatic carbocycles. The van der Waals surface area contributed by atoms with Gasteiger partial charge >= 0.3 is 0 Å². The first-order valence-electron chi connectivity index (χ1n) is 8.06. The number of carbonyl (C=O) groups is 1. The number of hydrogen-bond donors (Lipinski definition) is 1. The fraction of sp³-hybridized carbons (Fsp3) is 0. The third-order valence-corrected chi connectivity index (χ3v) is 4.24. The van der Waals surface area contributed by atoms with Crippen molar-refractivity contribution >= 4 is 28.8 Å². The van der Waals surface area contributed by atoms with Crippen LogP contribution in [0.4, 0.5) is 5.69 Å². The van der Waals surface area contributed by atoms with Crippen LogP contribution in [0.1, 0.15) is 16.1 Å². The van der Waals surface area contributed by atoms with Crippen molar-refractivity contribution in [1.82, 2.24) is 14.6 Å². The third-order valence-electron chi connectivity index (χ3n) is 4.01. The molecule has 7 heteroatoms. The number of amides is 1. The first kappa shape index (κ1) is 16.8. The molecule has 27 heavy (non-hydrogen) atoms. The Morgan fingerprint density at radius 2 is 1.96 bits per heavy atom. The number of halogens is 1. The summed E-state index contributed by atoms with van der Waals surface area (Å²) in [6.45, 7) is 0. The molecular weight excluding hydrogens is 362 g/mol. The minimum absolute atomic E-state index is 0.260. The summed E-state index contributed by atoms with van der Waals surface area (Å²) < 4.78 is 1.61. The monoisotopic (exact) mass is 373 g/mol. The van der Waals surface area contributed by atoms with E-state index in [9.17, 15) is 4.79 Å². The molecule has 0 bridgehead atoms. The van der Waals surface area contributed by atoms with Gasteiger partial charge < -0.3 is 5.32 Å². The molecule has 0 saturated carbocycles. The van der Waals surface area contributed by atoms with E-state index in [2.05, 4.69) is 15.4 Å². The second-order valence-corrected chi connectivity index (χ2v) is 6.23. The van der Waals surface area contributed by atoms with Gasteiger partial charge in [-0.2, -0.15) is 10.4 Å². The number of carbonyl (C=O) groups excluding carboxylic acids is 1. The van der Waals surface area contributed by atoms with Crippen molar-refractivity contribution in [3.63, 3.8) is 0 Å². The van der Waals surface area contributed by atoms with E-state index in [1.54, 1.807) is 53.3 Å². The van der Waals surface area contributed by atoms with Gasteiger partial charge in [0, 0.05) is 22.5 Å². The highest BCUT2D eigenvalue weighted by molar-refractivity contribution is 6.30. The van der Waals surface area contributed by atoms with Crippen LogP contribution in [-0.2, 0) is 0 Å². The Morgan fingerprint density at radius 3 is 2.70 bits per heavy atom. The van der Waals surface area contributed by atoms with E-state index >= 15 is 0 Å². The average Bonchev–Trinajstić information content (AvgIpc) is 3.12. The smallest absolute Gasteiger partial charge is 0.274 e. The Bertz CT molecular complexity index is 1190. The number of hydrogen-bond acceptors (Lipinski definition) is 4. The summed E-state index contributed by atoms with van der Waals surface area (Å²) in [5, 5.41) is 16.5. The van der Waals surface area contributed by atoms with Crippen LogP contribution in [-0.4, -0.2) is 20.5 Å². The molecule has 4 rings (SSSR count). The Kier molecular flexibility index (Phi) is 4.29. The van der Waals surface area contributed by atoms with Crippen molar-refractivity contribution in [2.45, 2.75) is 0 Å². The van der Waals surface area contributed by atoms with Gasteiger partial charge in [-0.15, -0.1) is 0 Å². The van der Waals surface area contributed by atoms with Gasteiger partial charge in [0.1, 0.15) is 5.69 Å². The SMILES string of the molecule is N#Cc1ccc(NC(=O)c2ccn3ncc(-c4cccc(Cl)c4)c3n2)cc1. The summed E-state index contributed by atoms with van der Waals surface area (Å²) in [6, 6.07) is 17.6. The molecule has 0 fully saturated rings. The molecule has 0 aliphatic rings. The number of fused-ring (bicyclic) bond motifs is 1. The molecule has 0 saturated heterocycles. The van der Waals surface area contributed by atoms with Crippen molar-refractivity contribution in [3.8, 4) is 17.2 Å². The molecule has 6 nitrogen and oxygen atoms in total. The molecule has 0 aliphatic heterocycles. The maximum atomic E-state index is 12.5. The fourth-order valence-electron chi connectivity index (χ4n) is 2.68. The zero-order valence-electron chi connectivity index (χ0n) is 13.9. The van der Waals surface area contributed by atoms with E-state index in [1.165, 1.54) is 0 Å². The zero-order valence-corrected chi connectivity index (χ0v) is 14.7. The molecule has 0 unspecified atom stereocenters. The minimum atomic E-state index is -0.347. The van der Waals surface area contributed by atoms with Crippen LogP contribution in [0.25, 0.3) is 16.8 Å². The van der Waals surface area contributed by atoms with Gasteiger partial charge in [0.05, 0.1) is 17.8 Å². The van der Waals surface area contributed by atoms with E-state index in [1.807, 2.05) is 24.3 Å². The molecule has 4 aromatic rings. The lowest BCUT2D eigenvalue weighted by molar-refractivity contribution is 0.102. The predicted octanol–water partition coefficient (Wildman–Crippen LogP) is 4.17. The van der Waals surface area contributed by atoms with Gasteiger partial charge in [0.15, 0.2) is 5.65 Å². The molecule has 2 heterocycles. The van der Waals surface area contributed by atoms with Crippen LogP contribution >= 0.6 is 11.6 Å². The largest absolute Gasteiger partial charge is 0.321 e. The van der Waals surface area contributed by atoms with Gasteiger partial charge in [0.25, 0.3) is 5.91 Å². The first-order valence-corrected chi connectivity index (χ1v) is 8.44. The lowest BCUT2D eigenvalue weighted by Crippen LogP contribution is -2.14. The molecule has 0 atom stereocenters. The van der Waals surface area contributed by atoms with Gasteiger partial charge in [0.2, 0.25) is 0 Å². The lowest BCUT2D eigenvalue weighted by atomic mass is 10.1. The van der Waals surface area contributed by atoms with E-state index in [-0.39, 0.29) is 11.6 Å². The Morgan fingerprint density at radius 1 is 1.15 bits per heavy atom. The topological polar surface area (TPSA) is 83.1 Å². The van der Waals surface area contributed by atoms with Gasteiger partial charge in [-0.05, 0) is 48.0 Å². The highest BCUT2D eigenvalue weighted by Crippen LogP contribution is 2.26. The average molecular weight is 374 g/mol. The van der Waals surface area contributed by atoms with Crippen LogP contribution < -0.4 is 5.32 Å². The van der Waals surface area contributed by atoms with Crippen molar-refractivity contribution in [3.05, 3.63) is 83.3 Å². The lowest BCUT2D eigenvalue weighted by Gasteiger charge is -2.06. The zero-order chi connectivity index (χ0) is 18.8. The number of rotatable bonds is 3. The van der Waals surface area contributed by atoms with Gasteiger partial charge in [-0.1, -0.05) is 23.7 Å².